The van der Waals surface area contributed by atoms with Crippen molar-refractivity contribution in [3.05, 3.63) is 65.0 Å². The summed E-state index contributed by atoms with van der Waals surface area (Å²) in [6.45, 7) is 6.61. The van der Waals surface area contributed by atoms with E-state index in [2.05, 4.69) is 46.8 Å². The molecule has 0 bridgehead atoms. The van der Waals surface area contributed by atoms with Crippen LogP contribution < -0.4 is 10.6 Å². The Morgan fingerprint density at radius 1 is 1.15 bits per heavy atom. The van der Waals surface area contributed by atoms with E-state index < -0.39 is 0 Å². The van der Waals surface area contributed by atoms with Crippen molar-refractivity contribution in [1.82, 2.24) is 15.5 Å². The van der Waals surface area contributed by atoms with Gasteiger partial charge in [-0.1, -0.05) is 49.3 Å². The average Bonchev–Trinajstić information content (AvgIpc) is 3.15. The summed E-state index contributed by atoms with van der Waals surface area (Å²) in [6, 6.07) is 13.7. The van der Waals surface area contributed by atoms with Crippen LogP contribution in [0, 0.1) is 6.92 Å². The predicted molar refractivity (Wildman–Crippen MR) is 106 cm³/mol. The minimum Gasteiger partial charge on any atom is -0.376 e. The minimum absolute atomic E-state index is 0.110. The number of rotatable bonds is 6. The van der Waals surface area contributed by atoms with Crippen molar-refractivity contribution in [3.63, 3.8) is 0 Å². The van der Waals surface area contributed by atoms with E-state index >= 15 is 0 Å². The Hall–Kier alpha value is -3.15. The van der Waals surface area contributed by atoms with Crippen molar-refractivity contribution >= 4 is 11.6 Å². The molecule has 0 fully saturated rings. The highest BCUT2D eigenvalue weighted by atomic mass is 16.5. The van der Waals surface area contributed by atoms with Crippen molar-refractivity contribution < 1.29 is 9.32 Å². The second-order valence-electron chi connectivity index (χ2n) is 6.70. The van der Waals surface area contributed by atoms with Gasteiger partial charge in [-0.3, -0.25) is 4.79 Å². The van der Waals surface area contributed by atoms with Crippen LogP contribution in [0.5, 0.6) is 0 Å². The number of benzene rings is 2. The molecule has 0 saturated heterocycles. The summed E-state index contributed by atoms with van der Waals surface area (Å²) in [5.41, 5.74) is 4.57. The zero-order chi connectivity index (χ0) is 19.4. The molecule has 6 nitrogen and oxygen atoms in total. The van der Waals surface area contributed by atoms with Gasteiger partial charge in [0.2, 0.25) is 11.7 Å². The van der Waals surface area contributed by atoms with Gasteiger partial charge in [-0.05, 0) is 36.1 Å². The Balaban J connectivity index is 1.71. The molecule has 0 aliphatic heterocycles. The van der Waals surface area contributed by atoms with Gasteiger partial charge >= 0.3 is 0 Å². The van der Waals surface area contributed by atoms with Crippen LogP contribution in [0.4, 0.5) is 5.69 Å². The minimum atomic E-state index is -0.110. The van der Waals surface area contributed by atoms with Crippen LogP contribution >= 0.6 is 0 Å². The molecule has 2 N–H and O–H groups in total. The molecule has 3 aromatic rings. The van der Waals surface area contributed by atoms with Crippen LogP contribution in [0.25, 0.3) is 11.4 Å². The SMILES string of the molecule is CNC(=O)c1cccc(NCc2nc(-c3ccc(C(C)C)cc3)no2)c1C. The molecule has 1 amide bonds. The number of amides is 1. The third kappa shape index (κ3) is 4.16. The smallest absolute Gasteiger partial charge is 0.251 e. The van der Waals surface area contributed by atoms with E-state index in [0.717, 1.165) is 16.8 Å². The van der Waals surface area contributed by atoms with Crippen LogP contribution in [0.2, 0.25) is 0 Å². The van der Waals surface area contributed by atoms with Gasteiger partial charge in [0.15, 0.2) is 0 Å². The third-order valence-electron chi connectivity index (χ3n) is 4.54. The number of carbonyl (C=O) groups is 1. The van der Waals surface area contributed by atoms with Crippen LogP contribution in [0.3, 0.4) is 0 Å². The van der Waals surface area contributed by atoms with Gasteiger partial charge in [-0.2, -0.15) is 4.98 Å². The maximum Gasteiger partial charge on any atom is 0.251 e. The highest BCUT2D eigenvalue weighted by molar-refractivity contribution is 5.96. The van der Waals surface area contributed by atoms with Crippen LogP contribution in [-0.4, -0.2) is 23.1 Å². The Kier molecular flexibility index (Phi) is 5.54. The Bertz CT molecular complexity index is 930. The lowest BCUT2D eigenvalue weighted by molar-refractivity contribution is 0.0962. The van der Waals surface area contributed by atoms with Crippen molar-refractivity contribution in [2.75, 3.05) is 12.4 Å². The Morgan fingerprint density at radius 3 is 2.56 bits per heavy atom. The molecule has 6 heteroatoms. The molecule has 0 atom stereocenters. The van der Waals surface area contributed by atoms with Crippen molar-refractivity contribution in [2.24, 2.45) is 0 Å². The lowest BCUT2D eigenvalue weighted by Crippen LogP contribution is -2.19. The van der Waals surface area contributed by atoms with Gasteiger partial charge in [-0.25, -0.2) is 0 Å². The maximum absolute atomic E-state index is 11.9. The van der Waals surface area contributed by atoms with E-state index in [1.165, 1.54) is 5.56 Å². The normalized spacial score (nSPS) is 10.9. The van der Waals surface area contributed by atoms with Crippen molar-refractivity contribution in [1.29, 1.82) is 0 Å². The maximum atomic E-state index is 11.9. The zero-order valence-corrected chi connectivity index (χ0v) is 16.0. The summed E-state index contributed by atoms with van der Waals surface area (Å²) < 4.78 is 5.35. The molecule has 0 aliphatic carbocycles. The van der Waals surface area contributed by atoms with Gasteiger partial charge < -0.3 is 15.2 Å². The first-order chi connectivity index (χ1) is 13.0. The molecule has 1 aromatic heterocycles. The van der Waals surface area contributed by atoms with Gasteiger partial charge in [-0.15, -0.1) is 0 Å². The standard InChI is InChI=1S/C21H24N4O2/c1-13(2)15-8-10-16(11-9-15)20-24-19(27-25-20)12-23-18-7-5-6-17(14(18)3)21(26)22-4/h5-11,13,23H,12H2,1-4H3,(H,22,26). The highest BCUT2D eigenvalue weighted by Crippen LogP contribution is 2.22. The van der Waals surface area contributed by atoms with Crippen LogP contribution in [0.1, 0.15) is 47.1 Å². The fraction of sp³-hybridized carbons (Fsp3) is 0.286. The summed E-state index contributed by atoms with van der Waals surface area (Å²) in [7, 11) is 1.62. The first-order valence-electron chi connectivity index (χ1n) is 8.98. The molecular weight excluding hydrogens is 340 g/mol. The average molecular weight is 364 g/mol. The lowest BCUT2D eigenvalue weighted by Gasteiger charge is -2.11. The van der Waals surface area contributed by atoms with Gasteiger partial charge in [0.25, 0.3) is 5.91 Å². The number of nitrogens with zero attached hydrogens (tertiary/aromatic N) is 2. The number of carbonyl (C=O) groups excluding carboxylic acids is 1. The predicted octanol–water partition coefficient (Wildman–Crippen LogP) is 4.14. The molecule has 0 spiro atoms. The second-order valence-corrected chi connectivity index (χ2v) is 6.70. The molecule has 2 aromatic carbocycles. The highest BCUT2D eigenvalue weighted by Gasteiger charge is 2.12. The molecule has 0 radical (unpaired) electrons. The fourth-order valence-corrected chi connectivity index (χ4v) is 2.84. The van der Waals surface area contributed by atoms with E-state index in [1.807, 2.05) is 31.2 Å². The largest absolute Gasteiger partial charge is 0.376 e. The van der Waals surface area contributed by atoms with Crippen LogP contribution in [0.15, 0.2) is 47.0 Å². The molecular formula is C21H24N4O2. The number of nitrogens with one attached hydrogen (secondary N) is 2. The van der Waals surface area contributed by atoms with Gasteiger partial charge in [0.05, 0.1) is 6.54 Å². The van der Waals surface area contributed by atoms with Crippen LogP contribution in [-0.2, 0) is 6.54 Å². The lowest BCUT2D eigenvalue weighted by atomic mass is 10.0. The van der Waals surface area contributed by atoms with E-state index in [9.17, 15) is 4.79 Å². The zero-order valence-electron chi connectivity index (χ0n) is 16.0. The molecule has 1 heterocycles. The van der Waals surface area contributed by atoms with E-state index in [1.54, 1.807) is 13.1 Å². The number of anilines is 1. The third-order valence-corrected chi connectivity index (χ3v) is 4.54. The van der Waals surface area contributed by atoms with Gasteiger partial charge in [0.1, 0.15) is 0 Å². The topological polar surface area (TPSA) is 80.0 Å². The first kappa shape index (κ1) is 18.6. The van der Waals surface area contributed by atoms with Crippen molar-refractivity contribution in [2.45, 2.75) is 33.2 Å². The van der Waals surface area contributed by atoms with E-state index in [4.69, 9.17) is 4.52 Å². The molecule has 0 aliphatic rings. The summed E-state index contributed by atoms with van der Waals surface area (Å²) in [5.74, 6) is 1.43. The number of hydrogen-bond donors (Lipinski definition) is 2. The molecule has 27 heavy (non-hydrogen) atoms. The molecule has 3 rings (SSSR count). The Labute approximate surface area is 159 Å². The second kappa shape index (κ2) is 8.03. The summed E-state index contributed by atoms with van der Waals surface area (Å²) in [6.07, 6.45) is 0. The fourth-order valence-electron chi connectivity index (χ4n) is 2.84. The molecule has 0 unspecified atom stereocenters. The summed E-state index contributed by atoms with van der Waals surface area (Å²) in [5, 5.41) is 9.97. The quantitative estimate of drug-likeness (QED) is 0.687. The Morgan fingerprint density at radius 2 is 1.89 bits per heavy atom. The number of hydrogen-bond acceptors (Lipinski definition) is 5. The van der Waals surface area contributed by atoms with Crippen molar-refractivity contribution in [3.8, 4) is 11.4 Å². The van der Waals surface area contributed by atoms with E-state index in [-0.39, 0.29) is 5.91 Å². The summed E-state index contributed by atoms with van der Waals surface area (Å²) in [4.78, 5) is 16.4. The molecule has 140 valence electrons. The summed E-state index contributed by atoms with van der Waals surface area (Å²) >= 11 is 0. The number of aromatic nitrogens is 2. The van der Waals surface area contributed by atoms with Gasteiger partial charge in [0, 0.05) is 23.9 Å². The monoisotopic (exact) mass is 364 g/mol. The van der Waals surface area contributed by atoms with E-state index in [0.29, 0.717) is 29.7 Å². The molecule has 0 saturated carbocycles. The first-order valence-corrected chi connectivity index (χ1v) is 8.98.